The summed E-state index contributed by atoms with van der Waals surface area (Å²) in [6.07, 6.45) is -75.3. The number of hydrogen-bond donors (Lipinski definition) is 24. The van der Waals surface area contributed by atoms with Crippen molar-refractivity contribution in [2.24, 2.45) is 0 Å². The van der Waals surface area contributed by atoms with Crippen molar-refractivity contribution in [2.75, 3.05) is 39.6 Å². The second-order valence-corrected chi connectivity index (χ2v) is 23.9. The van der Waals surface area contributed by atoms with E-state index in [1.54, 1.807) is 0 Å². The number of rotatable bonds is 22. The number of carbonyl (C=O) groups excluding carboxylic acids is 2. The average molecular weight is 1370 g/mol. The third-order valence-corrected chi connectivity index (χ3v) is 17.3. The van der Waals surface area contributed by atoms with Gasteiger partial charge in [0, 0.05) is 13.8 Å². The predicted molar refractivity (Wildman–Crippen MR) is 285 cm³/mol. The fraction of sp³-hybridized carbons (Fsp3) is 0.962. The molecule has 8 aliphatic heterocycles. The molecular formula is C52H88N2O39. The van der Waals surface area contributed by atoms with Crippen molar-refractivity contribution in [3.8, 4) is 0 Å². The van der Waals surface area contributed by atoms with Crippen molar-refractivity contribution in [1.29, 1.82) is 0 Å². The summed E-state index contributed by atoms with van der Waals surface area (Å²) in [6, 6.07) is -3.79. The van der Waals surface area contributed by atoms with E-state index in [4.69, 9.17) is 71.1 Å². The summed E-state index contributed by atoms with van der Waals surface area (Å²) < 4.78 is 89.0. The Morgan fingerprint density at radius 1 is 0.301 bits per heavy atom. The summed E-state index contributed by atoms with van der Waals surface area (Å²) in [4.78, 5) is 26.1. The molecule has 0 unspecified atom stereocenters. The maximum Gasteiger partial charge on any atom is 0.217 e. The molecule has 0 aromatic rings. The quantitative estimate of drug-likeness (QED) is 0.0479. The van der Waals surface area contributed by atoms with Crippen molar-refractivity contribution < 1.29 is 193 Å². The lowest BCUT2D eigenvalue weighted by molar-refractivity contribution is -0.403. The van der Waals surface area contributed by atoms with Gasteiger partial charge >= 0.3 is 0 Å². The topological polar surface area (TPSA) is 642 Å². The molecule has 40 atom stereocenters. The second kappa shape index (κ2) is 32.6. The standard InChI is InChI=1S/C52H88N2O39/c1-11-23(61)29(67)34(72)47(81-11)79-9-19-41(43(22(45(78)83-19)54-14(4)60)92-49-36(74)30(68)24(62)12(2)82-49)90-46-21(53-13(3)59)28(66)40(18(8-58)87-46)89-52-39(77)44(93-51-38(76)33(71)27(65)17(7-57)86-51)42(91-50-37(75)32(70)26(64)16(6-56)85-50)20(88-52)10-80-48-35(73)31(69)25(63)15(5-55)84-48/h11-12,15-52,55-58,61-78H,5-10H2,1-4H3,(H,53,59)(H,54,60)/t11-,12-,15+,16+,17+,18+,19+,20+,21+,22+,23+,24+,25+,26-,27+,28+,29+,30+,31-,32-,33-,34-,35-,36-,37+,38-,39-,40+,41+,42+,43+,44+,45+,46-,47+,48-,49-,50-,51+,52-/m0/s1. The van der Waals surface area contributed by atoms with E-state index in [1.165, 1.54) is 13.8 Å². The highest BCUT2D eigenvalue weighted by atomic mass is 16.8. The van der Waals surface area contributed by atoms with Crippen molar-refractivity contribution in [2.45, 2.75) is 273 Å². The Balaban J connectivity index is 1.16. The van der Waals surface area contributed by atoms with Crippen LogP contribution >= 0.6 is 0 Å². The fourth-order valence-corrected chi connectivity index (χ4v) is 12.0. The van der Waals surface area contributed by atoms with Crippen LogP contribution in [0.2, 0.25) is 0 Å². The van der Waals surface area contributed by atoms with Crippen LogP contribution in [0.3, 0.4) is 0 Å². The first kappa shape index (κ1) is 76.2. The molecule has 8 aliphatic rings. The van der Waals surface area contributed by atoms with Crippen molar-refractivity contribution in [1.82, 2.24) is 10.6 Å². The summed E-state index contributed by atoms with van der Waals surface area (Å²) in [5.41, 5.74) is 0. The third-order valence-electron chi connectivity index (χ3n) is 17.3. The van der Waals surface area contributed by atoms with Gasteiger partial charge in [0.05, 0.1) is 51.8 Å². The van der Waals surface area contributed by atoms with Crippen LogP contribution < -0.4 is 10.6 Å². The van der Waals surface area contributed by atoms with E-state index in [-0.39, 0.29) is 0 Å². The van der Waals surface area contributed by atoms with Gasteiger partial charge in [0.2, 0.25) is 11.8 Å². The fourth-order valence-electron chi connectivity index (χ4n) is 12.0. The highest BCUT2D eigenvalue weighted by Crippen LogP contribution is 2.39. The lowest BCUT2D eigenvalue weighted by Crippen LogP contribution is -2.71. The van der Waals surface area contributed by atoms with E-state index in [0.29, 0.717) is 0 Å². The van der Waals surface area contributed by atoms with Gasteiger partial charge in [-0.15, -0.1) is 0 Å². The highest BCUT2D eigenvalue weighted by Gasteiger charge is 2.60. The molecule has 0 saturated carbocycles. The number of amides is 2. The summed E-state index contributed by atoms with van der Waals surface area (Å²) in [5.74, 6) is -1.82. The zero-order valence-electron chi connectivity index (χ0n) is 50.1. The van der Waals surface area contributed by atoms with Crippen LogP contribution in [0.15, 0.2) is 0 Å². The number of hydrogen-bond acceptors (Lipinski definition) is 39. The van der Waals surface area contributed by atoms with E-state index < -0.39 is 297 Å². The summed E-state index contributed by atoms with van der Waals surface area (Å²) >= 11 is 0. The zero-order chi connectivity index (χ0) is 68.5. The van der Waals surface area contributed by atoms with Gasteiger partial charge in [-0.05, 0) is 13.8 Å². The average Bonchev–Trinajstić information content (AvgIpc) is 0.767. The molecule has 41 heteroatoms. The van der Waals surface area contributed by atoms with Crippen molar-refractivity contribution in [3.05, 3.63) is 0 Å². The van der Waals surface area contributed by atoms with Gasteiger partial charge in [-0.25, -0.2) is 0 Å². The molecule has 0 spiro atoms. The summed E-state index contributed by atoms with van der Waals surface area (Å²) in [7, 11) is 0. The largest absolute Gasteiger partial charge is 0.394 e. The van der Waals surface area contributed by atoms with E-state index in [1.807, 2.05) is 0 Å². The van der Waals surface area contributed by atoms with Crippen LogP contribution in [0.5, 0.6) is 0 Å². The number of aliphatic hydroxyl groups is 22. The Morgan fingerprint density at radius 2 is 0.613 bits per heavy atom. The first-order valence-corrected chi connectivity index (χ1v) is 29.8. The summed E-state index contributed by atoms with van der Waals surface area (Å²) in [6.45, 7) is -1.61. The lowest BCUT2D eigenvalue weighted by atomic mass is 9.93. The molecule has 24 N–H and O–H groups in total. The van der Waals surface area contributed by atoms with E-state index in [2.05, 4.69) is 10.6 Å². The maximum absolute atomic E-state index is 13.2. The third kappa shape index (κ3) is 16.5. The molecular weight excluding hydrogens is 1280 g/mol. The lowest BCUT2D eigenvalue weighted by Gasteiger charge is -2.52. The molecule has 0 aromatic carbocycles. The minimum Gasteiger partial charge on any atom is -0.394 e. The molecule has 8 rings (SSSR count). The molecule has 8 saturated heterocycles. The molecule has 93 heavy (non-hydrogen) atoms. The molecule has 8 heterocycles. The van der Waals surface area contributed by atoms with Gasteiger partial charge in [0.1, 0.15) is 183 Å². The number of ether oxygens (including phenoxy) is 15. The Bertz CT molecular complexity index is 2350. The molecule has 0 radical (unpaired) electrons. The first-order valence-electron chi connectivity index (χ1n) is 29.8. The zero-order valence-corrected chi connectivity index (χ0v) is 50.1. The molecule has 41 nitrogen and oxygen atoms in total. The molecule has 0 aromatic heterocycles. The van der Waals surface area contributed by atoms with Crippen LogP contribution in [0.1, 0.15) is 27.7 Å². The highest BCUT2D eigenvalue weighted by molar-refractivity contribution is 5.73. The molecule has 8 fully saturated rings. The molecule has 0 aliphatic carbocycles. The van der Waals surface area contributed by atoms with Gasteiger partial charge in [-0.1, -0.05) is 0 Å². The van der Waals surface area contributed by atoms with E-state index in [9.17, 15) is 122 Å². The van der Waals surface area contributed by atoms with E-state index >= 15 is 0 Å². The normalized spacial score (nSPS) is 51.6. The van der Waals surface area contributed by atoms with Gasteiger partial charge in [-0.2, -0.15) is 0 Å². The van der Waals surface area contributed by atoms with Crippen molar-refractivity contribution in [3.63, 3.8) is 0 Å². The second-order valence-electron chi connectivity index (χ2n) is 23.9. The predicted octanol–water partition coefficient (Wildman–Crippen LogP) is -16.1. The number of aliphatic hydroxyl groups excluding tert-OH is 22. The molecule has 540 valence electrons. The number of carbonyl (C=O) groups is 2. The van der Waals surface area contributed by atoms with E-state index in [0.717, 1.165) is 13.8 Å². The van der Waals surface area contributed by atoms with Crippen LogP contribution in [-0.2, 0) is 80.6 Å². The van der Waals surface area contributed by atoms with Gasteiger partial charge in [-0.3, -0.25) is 9.59 Å². The van der Waals surface area contributed by atoms with Gasteiger partial charge in [0.15, 0.2) is 50.3 Å². The maximum atomic E-state index is 13.2. The Morgan fingerprint density at radius 3 is 1.08 bits per heavy atom. The Kier molecular flexibility index (Phi) is 26.7. The van der Waals surface area contributed by atoms with Crippen LogP contribution in [0.25, 0.3) is 0 Å². The van der Waals surface area contributed by atoms with Crippen molar-refractivity contribution >= 4 is 11.8 Å². The summed E-state index contributed by atoms with van der Waals surface area (Å²) in [5, 5.41) is 245. The minimum absolute atomic E-state index is 0.859. The van der Waals surface area contributed by atoms with Gasteiger partial charge in [0.25, 0.3) is 0 Å². The first-order chi connectivity index (χ1) is 43.9. The molecule has 2 amide bonds. The molecule has 0 bridgehead atoms. The van der Waals surface area contributed by atoms with Crippen LogP contribution in [-0.4, -0.2) is 409 Å². The Hall–Kier alpha value is -2.54. The van der Waals surface area contributed by atoms with Crippen LogP contribution in [0, 0.1) is 0 Å². The monoisotopic (exact) mass is 1360 g/mol. The van der Waals surface area contributed by atoms with Crippen LogP contribution in [0.4, 0.5) is 0 Å². The number of nitrogens with one attached hydrogen (secondary N) is 2. The SMILES string of the molecule is CC(=O)N[C@@H]1[C@@H](O[C@@H]2O[C@@H](C)[C@@H](O)[C@@H](O)[C@@H]2O)[C@H](O[C@@H]2O[C@H](CO)[C@@H](O[C@@H]3O[C@H](CO[C@H]4O[C@H](CO)[C@@H](O)[C@H](O)[C@@H]4O)[C@@H](O[C@@H]4O[C@H](CO)[C@H](O)[C@H](O)[C@H]4O)[C@H](O[C@H]4O[C@H](CO)[C@@H](O)[C@H](O)[C@@H]4O)[C@@H]3O)[C@H](O)[C@H]2NC(C)=O)[C@@H](CO[C@@H]2O[C@@H](C)[C@@H](O)[C@@H](O)[C@@H]2O)O[C@H]1O. The Labute approximate surface area is 527 Å². The smallest absolute Gasteiger partial charge is 0.217 e. The van der Waals surface area contributed by atoms with Gasteiger partial charge < -0.3 is 194 Å². The minimum atomic E-state index is -2.48.